The number of hydrogen-bond acceptors (Lipinski definition) is 4. The summed E-state index contributed by atoms with van der Waals surface area (Å²) in [4.78, 5) is 9.82. The molecule has 0 radical (unpaired) electrons. The van der Waals surface area contributed by atoms with E-state index in [4.69, 9.17) is 4.74 Å². The van der Waals surface area contributed by atoms with E-state index in [-0.39, 0.29) is 0 Å². The van der Waals surface area contributed by atoms with Gasteiger partial charge in [0.25, 0.3) is 0 Å². The number of methoxy groups -OCH3 is 1. The van der Waals surface area contributed by atoms with E-state index < -0.39 is 0 Å². The van der Waals surface area contributed by atoms with E-state index >= 15 is 0 Å². The molecular formula is C12H18N4O. The molecule has 92 valence electrons. The van der Waals surface area contributed by atoms with Crippen LogP contribution in [0.2, 0.25) is 0 Å². The van der Waals surface area contributed by atoms with E-state index in [1.807, 2.05) is 26.4 Å². The Hall–Kier alpha value is -1.75. The molecule has 5 nitrogen and oxygen atoms in total. The van der Waals surface area contributed by atoms with Gasteiger partial charge in [-0.1, -0.05) is 0 Å². The lowest BCUT2D eigenvalue weighted by Gasteiger charge is -2.20. The third-order valence-electron chi connectivity index (χ3n) is 2.78. The number of pyridine rings is 1. The Bertz CT molecular complexity index is 494. The van der Waals surface area contributed by atoms with Gasteiger partial charge in [0.05, 0.1) is 12.3 Å². The summed E-state index contributed by atoms with van der Waals surface area (Å²) in [5.41, 5.74) is 1.93. The number of ether oxygens (including phenoxy) is 1. The molecule has 0 spiro atoms. The number of hydrogen-bond donors (Lipinski definition) is 2. The van der Waals surface area contributed by atoms with Gasteiger partial charge in [-0.2, -0.15) is 0 Å². The Kier molecular flexibility index (Phi) is 3.49. The Morgan fingerprint density at radius 1 is 1.53 bits per heavy atom. The van der Waals surface area contributed by atoms with E-state index in [2.05, 4.69) is 26.3 Å². The zero-order chi connectivity index (χ0) is 12.3. The first-order chi connectivity index (χ1) is 8.26. The van der Waals surface area contributed by atoms with Crippen molar-refractivity contribution in [2.45, 2.75) is 0 Å². The summed E-state index contributed by atoms with van der Waals surface area (Å²) < 4.78 is 5.08. The zero-order valence-corrected chi connectivity index (χ0v) is 10.4. The summed E-state index contributed by atoms with van der Waals surface area (Å²) in [7, 11) is 5.62. The second-order valence-electron chi connectivity index (χ2n) is 3.94. The Morgan fingerprint density at radius 3 is 3.06 bits per heavy atom. The first-order valence-electron chi connectivity index (χ1n) is 5.62. The average Bonchev–Trinajstić information content (AvgIpc) is 2.81. The van der Waals surface area contributed by atoms with Crippen LogP contribution in [0.5, 0.6) is 0 Å². The lowest BCUT2D eigenvalue weighted by molar-refractivity contribution is 0.206. The predicted molar refractivity (Wildman–Crippen MR) is 70.8 cm³/mol. The van der Waals surface area contributed by atoms with Crippen LogP contribution in [0, 0.1) is 0 Å². The van der Waals surface area contributed by atoms with E-state index in [9.17, 15) is 0 Å². The van der Waals surface area contributed by atoms with E-state index in [0.29, 0.717) is 6.61 Å². The first-order valence-corrected chi connectivity index (χ1v) is 5.62. The number of aromatic amines is 1. The summed E-state index contributed by atoms with van der Waals surface area (Å²) in [6, 6.07) is 4.11. The van der Waals surface area contributed by atoms with Gasteiger partial charge in [0.15, 0.2) is 5.82 Å². The highest BCUT2D eigenvalue weighted by Gasteiger charge is 2.10. The number of nitrogens with one attached hydrogen (secondary N) is 2. The first kappa shape index (κ1) is 11.7. The largest absolute Gasteiger partial charge is 0.385 e. The molecule has 0 aliphatic rings. The third-order valence-corrected chi connectivity index (χ3v) is 2.78. The number of fused-ring (bicyclic) bond motifs is 1. The molecule has 17 heavy (non-hydrogen) atoms. The fourth-order valence-corrected chi connectivity index (χ4v) is 1.78. The lowest BCUT2D eigenvalue weighted by atomic mass is 10.3. The van der Waals surface area contributed by atoms with Crippen LogP contribution >= 0.6 is 0 Å². The molecule has 0 aliphatic carbocycles. The third kappa shape index (κ3) is 2.34. The molecule has 0 bridgehead atoms. The van der Waals surface area contributed by atoms with Gasteiger partial charge < -0.3 is 19.9 Å². The van der Waals surface area contributed by atoms with Crippen LogP contribution in [0.4, 0.5) is 11.5 Å². The van der Waals surface area contributed by atoms with Gasteiger partial charge >= 0.3 is 0 Å². The minimum absolute atomic E-state index is 0.685. The van der Waals surface area contributed by atoms with Crippen molar-refractivity contribution in [2.24, 2.45) is 0 Å². The van der Waals surface area contributed by atoms with Crippen molar-refractivity contribution in [2.75, 3.05) is 44.6 Å². The van der Waals surface area contributed by atoms with E-state index in [1.165, 1.54) is 0 Å². The van der Waals surface area contributed by atoms with Crippen LogP contribution in [-0.2, 0) is 4.74 Å². The molecule has 0 amide bonds. The predicted octanol–water partition coefficient (Wildman–Crippen LogP) is 1.69. The zero-order valence-electron chi connectivity index (χ0n) is 10.4. The van der Waals surface area contributed by atoms with Crippen molar-refractivity contribution in [3.05, 3.63) is 18.3 Å². The average molecular weight is 234 g/mol. The van der Waals surface area contributed by atoms with Crippen molar-refractivity contribution in [1.82, 2.24) is 9.97 Å². The van der Waals surface area contributed by atoms with E-state index in [1.54, 1.807) is 7.11 Å². The monoisotopic (exact) mass is 234 g/mol. The highest BCUT2D eigenvalue weighted by Crippen LogP contribution is 2.26. The van der Waals surface area contributed by atoms with Crippen molar-refractivity contribution < 1.29 is 4.74 Å². The van der Waals surface area contributed by atoms with Crippen molar-refractivity contribution in [3.8, 4) is 0 Å². The maximum Gasteiger partial charge on any atom is 0.154 e. The smallest absolute Gasteiger partial charge is 0.154 e. The molecule has 0 atom stereocenters. The van der Waals surface area contributed by atoms with Crippen LogP contribution in [-0.4, -0.2) is 44.3 Å². The molecule has 0 aromatic carbocycles. The standard InChI is InChI=1S/C12H18N4O/c1-13-10-8-9-4-5-14-11(9)15-12(10)16(2)6-7-17-3/h4-5,8,13H,6-7H2,1-3H3,(H,14,15). The summed E-state index contributed by atoms with van der Waals surface area (Å²) in [5, 5.41) is 4.29. The minimum Gasteiger partial charge on any atom is -0.385 e. The molecule has 2 rings (SSSR count). The fraction of sp³-hybridized carbons (Fsp3) is 0.417. The van der Waals surface area contributed by atoms with Crippen LogP contribution in [0.25, 0.3) is 11.0 Å². The minimum atomic E-state index is 0.685. The van der Waals surface area contributed by atoms with Gasteiger partial charge in [0, 0.05) is 39.3 Å². The van der Waals surface area contributed by atoms with Crippen LogP contribution in [0.1, 0.15) is 0 Å². The fourth-order valence-electron chi connectivity index (χ4n) is 1.78. The second kappa shape index (κ2) is 5.05. The number of rotatable bonds is 5. The molecule has 0 aliphatic heterocycles. The van der Waals surface area contributed by atoms with Crippen molar-refractivity contribution in [3.63, 3.8) is 0 Å². The Morgan fingerprint density at radius 2 is 2.35 bits per heavy atom. The molecule has 0 saturated heterocycles. The molecular weight excluding hydrogens is 216 g/mol. The normalized spacial score (nSPS) is 10.8. The number of H-pyrrole nitrogens is 1. The van der Waals surface area contributed by atoms with Crippen LogP contribution in [0.3, 0.4) is 0 Å². The second-order valence-corrected chi connectivity index (χ2v) is 3.94. The van der Waals surface area contributed by atoms with Crippen LogP contribution < -0.4 is 10.2 Å². The molecule has 0 fully saturated rings. The van der Waals surface area contributed by atoms with E-state index in [0.717, 1.165) is 29.1 Å². The summed E-state index contributed by atoms with van der Waals surface area (Å²) >= 11 is 0. The van der Waals surface area contributed by atoms with Crippen molar-refractivity contribution in [1.29, 1.82) is 0 Å². The molecule has 2 aromatic heterocycles. The van der Waals surface area contributed by atoms with Gasteiger partial charge in [0.2, 0.25) is 0 Å². The summed E-state index contributed by atoms with van der Waals surface area (Å²) in [6.45, 7) is 1.49. The highest BCUT2D eigenvalue weighted by atomic mass is 16.5. The summed E-state index contributed by atoms with van der Waals surface area (Å²) in [5.74, 6) is 0.930. The molecule has 2 N–H and O–H groups in total. The quantitative estimate of drug-likeness (QED) is 0.826. The van der Waals surface area contributed by atoms with Gasteiger partial charge in [-0.05, 0) is 12.1 Å². The molecule has 5 heteroatoms. The number of nitrogens with zero attached hydrogens (tertiary/aromatic N) is 2. The van der Waals surface area contributed by atoms with Gasteiger partial charge in [-0.3, -0.25) is 0 Å². The molecule has 2 heterocycles. The topological polar surface area (TPSA) is 53.2 Å². The number of likely N-dealkylation sites (N-methyl/N-ethyl adjacent to an activating group) is 1. The molecule has 0 saturated carbocycles. The molecule has 0 unspecified atom stereocenters. The highest BCUT2D eigenvalue weighted by molar-refractivity contribution is 5.84. The lowest BCUT2D eigenvalue weighted by Crippen LogP contribution is -2.24. The SMILES string of the molecule is CNc1cc2cc[nH]c2nc1N(C)CCOC. The Labute approximate surface area is 101 Å². The van der Waals surface area contributed by atoms with Crippen molar-refractivity contribution >= 4 is 22.5 Å². The maximum absolute atomic E-state index is 5.08. The van der Waals surface area contributed by atoms with Gasteiger partial charge in [0.1, 0.15) is 5.65 Å². The van der Waals surface area contributed by atoms with Crippen LogP contribution in [0.15, 0.2) is 18.3 Å². The van der Waals surface area contributed by atoms with Gasteiger partial charge in [-0.15, -0.1) is 0 Å². The Balaban J connectivity index is 2.35. The molecule has 2 aromatic rings. The van der Waals surface area contributed by atoms with Gasteiger partial charge in [-0.25, -0.2) is 4.98 Å². The summed E-state index contributed by atoms with van der Waals surface area (Å²) in [6.07, 6.45) is 1.90. The number of aromatic nitrogens is 2. The number of anilines is 2. The maximum atomic E-state index is 5.08.